The Balaban J connectivity index is 4.10. The summed E-state index contributed by atoms with van der Waals surface area (Å²) in [4.78, 5) is 23.5. The van der Waals surface area contributed by atoms with E-state index in [0.29, 0.717) is 23.9 Å². The van der Waals surface area contributed by atoms with Gasteiger partial charge < -0.3 is 19.8 Å². The predicted molar refractivity (Wildman–Crippen MR) is 369 cm³/mol. The smallest absolute Gasteiger partial charge is 0.391 e. The molecule has 0 radical (unpaired) electrons. The van der Waals surface area contributed by atoms with Gasteiger partial charge in [-0.2, -0.15) is 0 Å². The summed E-state index contributed by atoms with van der Waals surface area (Å²) < 4.78 is 23.9. The first kappa shape index (κ1) is 81.4. The van der Waals surface area contributed by atoms with Crippen molar-refractivity contribution in [2.24, 2.45) is 0 Å². The normalized spacial score (nSPS) is 14.2. The Kier molecular flexibility index (Phi) is 62.9. The van der Waals surface area contributed by atoms with Crippen LogP contribution in [0, 0.1) is 0 Å². The van der Waals surface area contributed by atoms with Gasteiger partial charge in [0.1, 0.15) is 13.2 Å². The van der Waals surface area contributed by atoms with Gasteiger partial charge in [0.05, 0.1) is 39.9 Å². The summed E-state index contributed by atoms with van der Waals surface area (Å²) >= 11 is 0. The van der Waals surface area contributed by atoms with Gasteiger partial charge in [-0.25, -0.2) is 4.57 Å². The SMILES string of the molecule is CC/C=C\C/C=C\C/C=C\C/C=C\C/C=C\C/C=C\C/C=C\C/C=C\CCCCCCCCC(=O)NC(COP(=O)(O)OCC[N+](C)(C)C)C(O)CCCCCCCCCCCCCCCCCCCCCCCCCCCCCCCCC. The number of carbonyl (C=O) groups is 1. The van der Waals surface area contributed by atoms with Gasteiger partial charge in [0.2, 0.25) is 5.91 Å². The summed E-state index contributed by atoms with van der Waals surface area (Å²) in [6.45, 7) is 4.79. The minimum absolute atomic E-state index is 0.0671. The van der Waals surface area contributed by atoms with Crippen molar-refractivity contribution >= 4 is 13.7 Å². The summed E-state index contributed by atoms with van der Waals surface area (Å²) in [6.07, 6.45) is 93.7. The molecule has 0 aliphatic carbocycles. The Bertz CT molecular complexity index is 1690. The quantitative estimate of drug-likeness (QED) is 0.0243. The second-order valence-electron chi connectivity index (χ2n) is 25.2. The summed E-state index contributed by atoms with van der Waals surface area (Å²) in [6, 6.07) is -0.778. The van der Waals surface area contributed by atoms with E-state index < -0.39 is 20.0 Å². The minimum atomic E-state index is -4.34. The molecule has 0 aliphatic heterocycles. The molecule has 1 amide bonds. The van der Waals surface area contributed by atoms with Crippen molar-refractivity contribution in [3.8, 4) is 0 Å². The van der Waals surface area contributed by atoms with Crippen molar-refractivity contribution < 1.29 is 32.9 Å². The first-order valence-corrected chi connectivity index (χ1v) is 37.1. The molecule has 8 nitrogen and oxygen atoms in total. The highest BCUT2D eigenvalue weighted by molar-refractivity contribution is 7.47. The third-order valence-corrected chi connectivity index (χ3v) is 16.8. The lowest BCUT2D eigenvalue weighted by atomic mass is 10.0. The van der Waals surface area contributed by atoms with E-state index in [1.165, 1.54) is 193 Å². The van der Waals surface area contributed by atoms with Gasteiger partial charge in [-0.15, -0.1) is 0 Å². The second-order valence-corrected chi connectivity index (χ2v) is 26.7. The number of quaternary nitrogens is 1. The van der Waals surface area contributed by atoms with Gasteiger partial charge in [0, 0.05) is 6.42 Å². The molecule has 0 saturated heterocycles. The van der Waals surface area contributed by atoms with Crippen LogP contribution in [0.3, 0.4) is 0 Å². The standard InChI is InChI=1S/C75H137N2O6P/c1-6-8-10-12-14-16-18-20-22-24-26-28-30-32-34-36-38-40-42-44-46-48-50-52-54-56-58-60-62-64-66-68-74(78)73(72-83-84(80,81)82-71-70-77(3,4)5)76-75(79)69-67-65-63-61-59-57-55-53-51-49-47-45-43-41-39-37-35-33-31-29-27-25-23-21-19-17-15-13-11-9-7-2/h9,11,15,17,21,23,27,29,33,35,39,41,45,47,51,53,73-74,78H,6-8,10,12-14,16,18-20,22,24-26,28,30-32,34,36-38,40,42-44,46,48-50,52,54-72H2,1-5H3,(H-,76,79,80,81)/p+1/b11-9-,17-15-,23-21-,29-27-,35-33-,41-39-,47-45-,53-51-. The first-order valence-electron chi connectivity index (χ1n) is 35.6. The van der Waals surface area contributed by atoms with Crippen molar-refractivity contribution in [3.63, 3.8) is 0 Å². The van der Waals surface area contributed by atoms with Gasteiger partial charge >= 0.3 is 7.82 Å². The Hall–Kier alpha value is -2.58. The molecule has 3 N–H and O–H groups in total. The molecule has 0 aromatic heterocycles. The van der Waals surface area contributed by atoms with Gasteiger partial charge in [-0.1, -0.05) is 336 Å². The summed E-state index contributed by atoms with van der Waals surface area (Å²) in [7, 11) is 1.60. The zero-order chi connectivity index (χ0) is 61.2. The molecule has 0 fully saturated rings. The van der Waals surface area contributed by atoms with Crippen molar-refractivity contribution in [1.82, 2.24) is 5.32 Å². The largest absolute Gasteiger partial charge is 0.472 e. The van der Waals surface area contributed by atoms with Crippen molar-refractivity contribution in [1.29, 1.82) is 0 Å². The zero-order valence-electron chi connectivity index (χ0n) is 55.9. The number of nitrogens with zero attached hydrogens (tertiary/aromatic N) is 1. The molecule has 0 aromatic rings. The molecule has 0 aliphatic rings. The van der Waals surface area contributed by atoms with Crippen LogP contribution in [0.4, 0.5) is 0 Å². The van der Waals surface area contributed by atoms with E-state index in [1.54, 1.807) is 0 Å². The Labute approximate surface area is 521 Å². The number of aliphatic hydroxyl groups excluding tert-OH is 1. The molecular formula is C75H138N2O6P+. The number of amides is 1. The van der Waals surface area contributed by atoms with E-state index in [-0.39, 0.29) is 19.1 Å². The molecule has 3 unspecified atom stereocenters. The number of likely N-dealkylation sites (N-methyl/N-ethyl adjacent to an activating group) is 1. The van der Waals surface area contributed by atoms with E-state index in [2.05, 4.69) is 116 Å². The highest BCUT2D eigenvalue weighted by Crippen LogP contribution is 2.43. The number of rotatable bonds is 65. The van der Waals surface area contributed by atoms with Crippen molar-refractivity contribution in [2.45, 2.75) is 334 Å². The zero-order valence-corrected chi connectivity index (χ0v) is 56.8. The number of hydrogen-bond acceptors (Lipinski definition) is 5. The lowest BCUT2D eigenvalue weighted by Gasteiger charge is -2.26. The lowest BCUT2D eigenvalue weighted by Crippen LogP contribution is -2.46. The fourth-order valence-electron chi connectivity index (χ4n) is 10.4. The number of nitrogens with one attached hydrogen (secondary N) is 1. The second kappa shape index (κ2) is 64.9. The maximum absolute atomic E-state index is 13.1. The summed E-state index contributed by atoms with van der Waals surface area (Å²) in [5, 5.41) is 14.1. The highest BCUT2D eigenvalue weighted by atomic mass is 31.2. The molecule has 9 heteroatoms. The third-order valence-electron chi connectivity index (χ3n) is 15.8. The average Bonchev–Trinajstić information content (AvgIpc) is 3.56. The van der Waals surface area contributed by atoms with Crippen LogP contribution in [0.1, 0.15) is 322 Å². The Morgan fingerprint density at radius 3 is 1.05 bits per heavy atom. The molecule has 84 heavy (non-hydrogen) atoms. The maximum Gasteiger partial charge on any atom is 0.472 e. The predicted octanol–water partition coefficient (Wildman–Crippen LogP) is 22.9. The number of carbonyl (C=O) groups excluding carboxylic acids is 1. The van der Waals surface area contributed by atoms with Crippen LogP contribution in [-0.2, 0) is 18.4 Å². The molecule has 0 bridgehead atoms. The molecule has 0 spiro atoms. The fraction of sp³-hybridized carbons (Fsp3) is 0.773. The van der Waals surface area contributed by atoms with Gasteiger partial charge in [0.25, 0.3) is 0 Å². The Morgan fingerprint density at radius 2 is 0.714 bits per heavy atom. The number of hydrogen-bond donors (Lipinski definition) is 3. The molecule has 0 heterocycles. The molecular weight excluding hydrogens is 1060 g/mol. The lowest BCUT2D eigenvalue weighted by molar-refractivity contribution is -0.870. The van der Waals surface area contributed by atoms with E-state index in [0.717, 1.165) is 103 Å². The molecule has 488 valence electrons. The van der Waals surface area contributed by atoms with Gasteiger partial charge in [0.15, 0.2) is 0 Å². The van der Waals surface area contributed by atoms with Crippen LogP contribution in [0.2, 0.25) is 0 Å². The van der Waals surface area contributed by atoms with Crippen LogP contribution >= 0.6 is 7.82 Å². The average molecular weight is 1190 g/mol. The van der Waals surface area contributed by atoms with Crippen LogP contribution in [0.5, 0.6) is 0 Å². The van der Waals surface area contributed by atoms with E-state index >= 15 is 0 Å². The first-order chi connectivity index (χ1) is 41.0. The van der Waals surface area contributed by atoms with Gasteiger partial charge in [-0.3, -0.25) is 13.8 Å². The number of aliphatic hydroxyl groups is 1. The fourth-order valence-corrected chi connectivity index (χ4v) is 11.1. The van der Waals surface area contributed by atoms with Crippen molar-refractivity contribution in [2.75, 3.05) is 40.9 Å². The highest BCUT2D eigenvalue weighted by Gasteiger charge is 2.28. The Morgan fingerprint density at radius 1 is 0.417 bits per heavy atom. The molecule has 0 saturated carbocycles. The summed E-state index contributed by atoms with van der Waals surface area (Å²) in [5.74, 6) is -0.159. The number of unbranched alkanes of at least 4 members (excludes halogenated alkanes) is 36. The minimum Gasteiger partial charge on any atom is -0.391 e. The number of phosphoric acid groups is 1. The number of phosphoric ester groups is 1. The summed E-state index contributed by atoms with van der Waals surface area (Å²) in [5.41, 5.74) is 0. The molecule has 3 atom stereocenters. The topological polar surface area (TPSA) is 105 Å². The van der Waals surface area contributed by atoms with Crippen LogP contribution in [0.15, 0.2) is 97.2 Å². The van der Waals surface area contributed by atoms with Crippen molar-refractivity contribution in [3.05, 3.63) is 97.2 Å². The van der Waals surface area contributed by atoms with E-state index in [9.17, 15) is 19.4 Å². The van der Waals surface area contributed by atoms with Crippen LogP contribution in [0.25, 0.3) is 0 Å². The molecule has 0 rings (SSSR count). The van der Waals surface area contributed by atoms with Gasteiger partial charge in [-0.05, 0) is 77.0 Å². The van der Waals surface area contributed by atoms with Crippen LogP contribution < -0.4 is 5.32 Å². The maximum atomic E-state index is 13.1. The monoisotopic (exact) mass is 1190 g/mol. The van der Waals surface area contributed by atoms with E-state index in [4.69, 9.17) is 9.05 Å². The van der Waals surface area contributed by atoms with E-state index in [1.807, 2.05) is 21.1 Å². The van der Waals surface area contributed by atoms with Crippen LogP contribution in [-0.4, -0.2) is 73.4 Å². The molecule has 0 aromatic carbocycles. The third kappa shape index (κ3) is 66.9. The number of allylic oxidation sites excluding steroid dienone is 16.